The maximum absolute atomic E-state index is 11.5. The van der Waals surface area contributed by atoms with Crippen LogP contribution in [0.5, 0.6) is 5.75 Å². The highest BCUT2D eigenvalue weighted by atomic mass is 16.7. The fourth-order valence-electron chi connectivity index (χ4n) is 1.29. The fraction of sp³-hybridized carbons (Fsp3) is 0. The topological polar surface area (TPSA) is 71.2 Å². The van der Waals surface area contributed by atoms with E-state index in [2.05, 4.69) is 15.2 Å². The molecule has 0 aliphatic heterocycles. The van der Waals surface area contributed by atoms with Crippen molar-refractivity contribution in [2.45, 2.75) is 0 Å². The third-order valence-electron chi connectivity index (χ3n) is 2.16. The molecule has 0 aromatic heterocycles. The Labute approximate surface area is 103 Å². The summed E-state index contributed by atoms with van der Waals surface area (Å²) in [5.41, 5.74) is 0.618. The number of phenolic OH excluding ortho intramolecular Hbond substituents is 1. The van der Waals surface area contributed by atoms with Gasteiger partial charge in [0.05, 0.1) is 5.69 Å². The molecule has 0 saturated carbocycles. The molecule has 0 spiro atoms. The smallest absolute Gasteiger partial charge is 0.371 e. The number of aromatic hydroxyl groups is 1. The summed E-state index contributed by atoms with van der Waals surface area (Å²) in [6.45, 7) is 0. The number of nitrogens with zero attached hydrogens (tertiary/aromatic N) is 2. The largest absolute Gasteiger partial charge is 0.507 e. The van der Waals surface area contributed by atoms with Crippen LogP contribution in [-0.4, -0.2) is 11.1 Å². The van der Waals surface area contributed by atoms with Crippen molar-refractivity contribution in [3.05, 3.63) is 60.2 Å². The van der Waals surface area contributed by atoms with E-state index in [0.717, 1.165) is 0 Å². The van der Waals surface area contributed by atoms with Crippen molar-refractivity contribution >= 4 is 11.7 Å². The van der Waals surface area contributed by atoms with Crippen LogP contribution < -0.4 is 0 Å². The lowest BCUT2D eigenvalue weighted by Crippen LogP contribution is -2.00. The highest BCUT2D eigenvalue weighted by Gasteiger charge is 2.11. The molecular formula is C13H10N2O3. The highest BCUT2D eigenvalue weighted by Crippen LogP contribution is 2.17. The Bertz CT molecular complexity index is 567. The molecule has 2 aromatic carbocycles. The first-order valence-electron chi connectivity index (χ1n) is 5.23. The second-order valence-corrected chi connectivity index (χ2v) is 3.41. The summed E-state index contributed by atoms with van der Waals surface area (Å²) in [5, 5.41) is 16.4. The minimum atomic E-state index is -0.757. The predicted octanol–water partition coefficient (Wildman–Crippen LogP) is 3.25. The fourth-order valence-corrected chi connectivity index (χ4v) is 1.29. The Balaban J connectivity index is 2.01. The molecule has 0 bridgehead atoms. The Hall–Kier alpha value is -2.69. The molecule has 5 nitrogen and oxygen atoms in total. The second-order valence-electron chi connectivity index (χ2n) is 3.41. The standard InChI is InChI=1S/C13H10N2O3/c16-12-9-5-4-8-11(12)13(17)18-15-14-10-6-2-1-3-7-10/h1-9,16H. The van der Waals surface area contributed by atoms with E-state index in [1.807, 2.05) is 6.07 Å². The molecule has 0 unspecified atom stereocenters. The molecule has 0 heterocycles. The van der Waals surface area contributed by atoms with Crippen molar-refractivity contribution in [2.24, 2.45) is 10.4 Å². The number of carbonyl (C=O) groups is 1. The number of hydrogen-bond donors (Lipinski definition) is 1. The minimum absolute atomic E-state index is 0.0458. The number of hydrogen-bond acceptors (Lipinski definition) is 5. The predicted molar refractivity (Wildman–Crippen MR) is 64.5 cm³/mol. The quantitative estimate of drug-likeness (QED) is 0.663. The van der Waals surface area contributed by atoms with Crippen molar-refractivity contribution in [3.8, 4) is 5.75 Å². The summed E-state index contributed by atoms with van der Waals surface area (Å²) in [6, 6.07) is 14.9. The SMILES string of the molecule is O=C(ON=Nc1ccccc1)c1ccccc1O. The maximum Gasteiger partial charge on any atom is 0.371 e. The Kier molecular flexibility index (Phi) is 3.66. The van der Waals surface area contributed by atoms with Crippen LogP contribution in [0.4, 0.5) is 5.69 Å². The summed E-state index contributed by atoms with van der Waals surface area (Å²) < 4.78 is 0. The van der Waals surface area contributed by atoms with Gasteiger partial charge in [-0.1, -0.05) is 30.3 Å². The van der Waals surface area contributed by atoms with Crippen molar-refractivity contribution in [3.63, 3.8) is 0 Å². The van der Waals surface area contributed by atoms with Crippen molar-refractivity contribution in [1.82, 2.24) is 0 Å². The van der Waals surface area contributed by atoms with Gasteiger partial charge < -0.3 is 5.11 Å². The maximum atomic E-state index is 11.5. The van der Waals surface area contributed by atoms with Gasteiger partial charge >= 0.3 is 5.97 Å². The zero-order valence-corrected chi connectivity index (χ0v) is 9.35. The zero-order chi connectivity index (χ0) is 12.8. The molecule has 5 heteroatoms. The van der Waals surface area contributed by atoms with E-state index in [0.29, 0.717) is 5.69 Å². The minimum Gasteiger partial charge on any atom is -0.507 e. The molecule has 18 heavy (non-hydrogen) atoms. The van der Waals surface area contributed by atoms with Crippen LogP contribution in [0.15, 0.2) is 65.0 Å². The van der Waals surface area contributed by atoms with Crippen molar-refractivity contribution in [2.75, 3.05) is 0 Å². The average Bonchev–Trinajstić information content (AvgIpc) is 2.40. The van der Waals surface area contributed by atoms with Crippen molar-refractivity contribution in [1.29, 1.82) is 0 Å². The van der Waals surface area contributed by atoms with Crippen LogP contribution in [0.2, 0.25) is 0 Å². The Morgan fingerprint density at radius 2 is 1.67 bits per heavy atom. The van der Waals surface area contributed by atoms with Gasteiger partial charge in [0.25, 0.3) is 0 Å². The number of phenols is 1. The van der Waals surface area contributed by atoms with Crippen LogP contribution in [0.25, 0.3) is 0 Å². The molecule has 90 valence electrons. The molecule has 0 radical (unpaired) electrons. The molecule has 0 amide bonds. The molecule has 0 aliphatic rings. The van der Waals surface area contributed by atoms with Gasteiger partial charge in [0.1, 0.15) is 11.3 Å². The lowest BCUT2D eigenvalue weighted by atomic mass is 10.2. The van der Waals surface area contributed by atoms with Gasteiger partial charge in [-0.25, -0.2) is 4.79 Å². The lowest BCUT2D eigenvalue weighted by Gasteiger charge is -1.99. The van der Waals surface area contributed by atoms with Crippen LogP contribution in [-0.2, 0) is 4.84 Å². The van der Waals surface area contributed by atoms with E-state index < -0.39 is 5.97 Å². The van der Waals surface area contributed by atoms with Gasteiger partial charge in [0.15, 0.2) is 0 Å². The molecule has 1 N–H and O–H groups in total. The summed E-state index contributed by atoms with van der Waals surface area (Å²) in [6.07, 6.45) is 0. The first-order valence-corrected chi connectivity index (χ1v) is 5.23. The molecule has 0 fully saturated rings. The molecule has 0 aliphatic carbocycles. The van der Waals surface area contributed by atoms with E-state index >= 15 is 0 Å². The number of para-hydroxylation sites is 1. The Morgan fingerprint density at radius 1 is 1.00 bits per heavy atom. The summed E-state index contributed by atoms with van der Waals surface area (Å²) in [4.78, 5) is 16.1. The first-order chi connectivity index (χ1) is 8.77. The van der Waals surface area contributed by atoms with Gasteiger partial charge in [-0.05, 0) is 24.3 Å². The van der Waals surface area contributed by atoms with Crippen LogP contribution in [0.3, 0.4) is 0 Å². The van der Waals surface area contributed by atoms with Crippen molar-refractivity contribution < 1.29 is 14.7 Å². The van der Waals surface area contributed by atoms with Gasteiger partial charge in [0, 0.05) is 5.28 Å². The number of rotatable bonds is 3. The molecular weight excluding hydrogens is 232 g/mol. The van der Waals surface area contributed by atoms with E-state index in [-0.39, 0.29) is 11.3 Å². The van der Waals surface area contributed by atoms with Gasteiger partial charge in [-0.3, -0.25) is 4.84 Å². The van der Waals surface area contributed by atoms with E-state index in [9.17, 15) is 9.90 Å². The summed E-state index contributed by atoms with van der Waals surface area (Å²) in [7, 11) is 0. The monoisotopic (exact) mass is 242 g/mol. The third kappa shape index (κ3) is 2.91. The highest BCUT2D eigenvalue weighted by molar-refractivity contribution is 5.92. The molecule has 0 saturated heterocycles. The first kappa shape index (κ1) is 11.8. The zero-order valence-electron chi connectivity index (χ0n) is 9.35. The van der Waals surface area contributed by atoms with Gasteiger partial charge in [0.2, 0.25) is 0 Å². The summed E-state index contributed by atoms with van der Waals surface area (Å²) in [5.74, 6) is -0.912. The van der Waals surface area contributed by atoms with E-state index in [4.69, 9.17) is 0 Å². The van der Waals surface area contributed by atoms with E-state index in [1.165, 1.54) is 12.1 Å². The average molecular weight is 242 g/mol. The van der Waals surface area contributed by atoms with Crippen LogP contribution in [0.1, 0.15) is 10.4 Å². The Morgan fingerprint density at radius 3 is 2.39 bits per heavy atom. The van der Waals surface area contributed by atoms with Gasteiger partial charge in [-0.2, -0.15) is 0 Å². The molecule has 0 atom stereocenters. The van der Waals surface area contributed by atoms with Crippen LogP contribution in [0, 0.1) is 0 Å². The van der Waals surface area contributed by atoms with E-state index in [1.54, 1.807) is 36.4 Å². The number of benzene rings is 2. The number of carbonyl (C=O) groups excluding carboxylic acids is 1. The van der Waals surface area contributed by atoms with Gasteiger partial charge in [-0.15, -0.1) is 5.11 Å². The second kappa shape index (κ2) is 5.58. The molecule has 2 aromatic rings. The van der Waals surface area contributed by atoms with Crippen LogP contribution >= 0.6 is 0 Å². The normalized spacial score (nSPS) is 10.4. The summed E-state index contributed by atoms with van der Waals surface area (Å²) >= 11 is 0. The third-order valence-corrected chi connectivity index (χ3v) is 2.16. The lowest BCUT2D eigenvalue weighted by molar-refractivity contribution is 0.0480. The molecule has 2 rings (SSSR count).